The maximum absolute atomic E-state index is 14.1. The molecule has 0 spiro atoms. The third-order valence-electron chi connectivity index (χ3n) is 9.17. The average Bonchev–Trinajstić information content (AvgIpc) is 3.34. The van der Waals surface area contributed by atoms with E-state index in [2.05, 4.69) is 5.32 Å². The standard InChI is InChI=1S/C37H43N3O11/c1-22(8-6-13-29(42)39(16-17-41)20-23-9-4-3-5-10-23)37(49)27-19-26(50-2)14-15-28(27)40(36(37)48)21-24-11-7-12-25(18-24)38-34(46)33-31(44)30(43)32(45)35(47)51-33/h3-12,14-15,18-19,22,30-33,35,41,43-45,47,49H,13,16-17,20-21H2,1-2H3,(H,38,46)/b8-6+/t22-,30+,31+,32-,33+,35-,37+/m1/s1. The molecule has 7 N–H and O–H groups in total. The number of methoxy groups -OCH3 is 1. The lowest BCUT2D eigenvalue weighted by Crippen LogP contribution is -2.60. The monoisotopic (exact) mass is 705 g/mol. The van der Waals surface area contributed by atoms with E-state index in [-0.39, 0.29) is 37.7 Å². The minimum absolute atomic E-state index is 0.0130. The molecule has 1 fully saturated rings. The molecule has 14 nitrogen and oxygen atoms in total. The second-order valence-electron chi connectivity index (χ2n) is 12.6. The third kappa shape index (κ3) is 7.97. The summed E-state index contributed by atoms with van der Waals surface area (Å²) in [5.74, 6) is -2.09. The molecule has 2 aliphatic rings. The Balaban J connectivity index is 1.32. The predicted octanol–water partition coefficient (Wildman–Crippen LogP) is 0.772. The molecule has 2 aliphatic heterocycles. The summed E-state index contributed by atoms with van der Waals surface area (Å²) in [6.07, 6.45) is -5.76. The minimum Gasteiger partial charge on any atom is -0.497 e. The first kappa shape index (κ1) is 37.6. The molecule has 3 aromatic carbocycles. The number of carbonyl (C=O) groups is 3. The molecular formula is C37H43N3O11. The number of nitrogens with zero attached hydrogens (tertiary/aromatic N) is 2. The smallest absolute Gasteiger partial charge is 0.264 e. The minimum atomic E-state index is -2.02. The van der Waals surface area contributed by atoms with E-state index >= 15 is 0 Å². The van der Waals surface area contributed by atoms with Crippen LogP contribution in [0.25, 0.3) is 0 Å². The van der Waals surface area contributed by atoms with Gasteiger partial charge in [-0.05, 0) is 41.5 Å². The van der Waals surface area contributed by atoms with Crippen LogP contribution in [-0.4, -0.2) is 104 Å². The van der Waals surface area contributed by atoms with Crippen molar-refractivity contribution < 1.29 is 54.5 Å². The van der Waals surface area contributed by atoms with Gasteiger partial charge in [-0.1, -0.05) is 61.5 Å². The topological polar surface area (TPSA) is 210 Å². The molecule has 14 heteroatoms. The van der Waals surface area contributed by atoms with Crippen LogP contribution in [-0.2, 0) is 37.8 Å². The van der Waals surface area contributed by atoms with Crippen molar-refractivity contribution in [2.24, 2.45) is 5.92 Å². The normalized spacial score (nSPS) is 25.1. The molecular weight excluding hydrogens is 662 g/mol. The average molecular weight is 706 g/mol. The maximum atomic E-state index is 14.1. The van der Waals surface area contributed by atoms with Crippen molar-refractivity contribution in [1.29, 1.82) is 0 Å². The first-order chi connectivity index (χ1) is 24.4. The highest BCUT2D eigenvalue weighted by Gasteiger charge is 2.53. The molecule has 0 aliphatic carbocycles. The highest BCUT2D eigenvalue weighted by atomic mass is 16.6. The Hall–Kier alpha value is -4.67. The van der Waals surface area contributed by atoms with Crippen LogP contribution in [0.5, 0.6) is 5.75 Å². The molecule has 0 aromatic heterocycles. The SMILES string of the molecule is COc1ccc2c(c1)[C@@](O)([C@H](C)/C=C/CC(=O)N(CCO)Cc1ccccc1)C(=O)N2Cc1cccc(NC(=O)[C@H]2O[C@@H](O)[C@H](O)[C@@H](O)[C@@H]2O)c1. The van der Waals surface area contributed by atoms with Crippen molar-refractivity contribution in [3.63, 3.8) is 0 Å². The molecule has 0 saturated carbocycles. The van der Waals surface area contributed by atoms with Gasteiger partial charge in [-0.2, -0.15) is 0 Å². The number of hydrogen-bond acceptors (Lipinski definition) is 11. The summed E-state index contributed by atoms with van der Waals surface area (Å²) in [6.45, 7) is 1.94. The summed E-state index contributed by atoms with van der Waals surface area (Å²) in [7, 11) is 1.47. The molecule has 0 unspecified atom stereocenters. The zero-order chi connectivity index (χ0) is 36.9. The Morgan fingerprint density at radius 1 is 1.00 bits per heavy atom. The summed E-state index contributed by atoms with van der Waals surface area (Å²) in [5.41, 5.74) is 0.455. The summed E-state index contributed by atoms with van der Waals surface area (Å²) < 4.78 is 10.4. The van der Waals surface area contributed by atoms with Gasteiger partial charge in [0, 0.05) is 36.7 Å². The van der Waals surface area contributed by atoms with Gasteiger partial charge in [0.15, 0.2) is 18.0 Å². The number of hydrogen-bond donors (Lipinski definition) is 7. The Morgan fingerprint density at radius 2 is 1.73 bits per heavy atom. The van der Waals surface area contributed by atoms with Crippen LogP contribution in [0, 0.1) is 5.92 Å². The summed E-state index contributed by atoms with van der Waals surface area (Å²) in [4.78, 5) is 43.1. The molecule has 3 aromatic rings. The molecule has 7 atom stereocenters. The van der Waals surface area contributed by atoms with E-state index in [4.69, 9.17) is 9.47 Å². The van der Waals surface area contributed by atoms with Crippen molar-refractivity contribution in [3.05, 3.63) is 102 Å². The zero-order valence-corrected chi connectivity index (χ0v) is 28.2. The number of anilines is 2. The molecule has 0 radical (unpaired) electrons. The second kappa shape index (κ2) is 16.1. The largest absolute Gasteiger partial charge is 0.497 e. The van der Waals surface area contributed by atoms with Gasteiger partial charge >= 0.3 is 0 Å². The summed E-state index contributed by atoms with van der Waals surface area (Å²) in [5, 5.41) is 64.0. The first-order valence-electron chi connectivity index (χ1n) is 16.5. The Morgan fingerprint density at radius 3 is 2.43 bits per heavy atom. The Kier molecular flexibility index (Phi) is 11.9. The molecule has 0 bridgehead atoms. The first-order valence-corrected chi connectivity index (χ1v) is 16.5. The van der Waals surface area contributed by atoms with Crippen LogP contribution in [0.3, 0.4) is 0 Å². The predicted molar refractivity (Wildman–Crippen MR) is 184 cm³/mol. The second-order valence-corrected chi connectivity index (χ2v) is 12.6. The number of aliphatic hydroxyl groups excluding tert-OH is 5. The van der Waals surface area contributed by atoms with Crippen LogP contribution in [0.2, 0.25) is 0 Å². The molecule has 51 heavy (non-hydrogen) atoms. The van der Waals surface area contributed by atoms with Crippen molar-refractivity contribution in [2.45, 2.75) is 62.7 Å². The van der Waals surface area contributed by atoms with Gasteiger partial charge < -0.3 is 55.2 Å². The molecule has 3 amide bonds. The number of aliphatic hydroxyl groups is 6. The van der Waals surface area contributed by atoms with Crippen LogP contribution >= 0.6 is 0 Å². The van der Waals surface area contributed by atoms with Crippen molar-refractivity contribution in [2.75, 3.05) is 30.5 Å². The third-order valence-corrected chi connectivity index (χ3v) is 9.17. The Labute approximate surface area is 294 Å². The van der Waals surface area contributed by atoms with Crippen LogP contribution < -0.4 is 15.0 Å². The van der Waals surface area contributed by atoms with Crippen molar-refractivity contribution in [3.8, 4) is 5.75 Å². The number of fused-ring (bicyclic) bond motifs is 1. The van der Waals surface area contributed by atoms with E-state index in [1.54, 1.807) is 66.4 Å². The van der Waals surface area contributed by atoms with Gasteiger partial charge in [0.05, 0.1) is 25.9 Å². The lowest BCUT2D eigenvalue weighted by molar-refractivity contribution is -0.274. The number of ether oxygens (including phenoxy) is 2. The quantitative estimate of drug-likeness (QED) is 0.124. The number of benzene rings is 3. The van der Waals surface area contributed by atoms with Gasteiger partial charge in [-0.25, -0.2) is 0 Å². The highest BCUT2D eigenvalue weighted by Crippen LogP contribution is 2.47. The molecule has 272 valence electrons. The fourth-order valence-corrected chi connectivity index (χ4v) is 6.29. The van der Waals surface area contributed by atoms with E-state index in [1.807, 2.05) is 30.3 Å². The van der Waals surface area contributed by atoms with Crippen molar-refractivity contribution >= 4 is 29.1 Å². The van der Waals surface area contributed by atoms with Gasteiger partial charge in [-0.15, -0.1) is 0 Å². The number of rotatable bonds is 13. The molecule has 5 rings (SSSR count). The van der Waals surface area contributed by atoms with Gasteiger partial charge in [0.25, 0.3) is 11.8 Å². The lowest BCUT2D eigenvalue weighted by atomic mass is 9.83. The highest BCUT2D eigenvalue weighted by molar-refractivity contribution is 6.07. The fraction of sp³-hybridized carbons (Fsp3) is 0.378. The number of carbonyl (C=O) groups excluding carboxylic acids is 3. The Bertz CT molecular complexity index is 1740. The molecule has 2 heterocycles. The van der Waals surface area contributed by atoms with E-state index < -0.39 is 54.0 Å². The maximum Gasteiger partial charge on any atom is 0.264 e. The zero-order valence-electron chi connectivity index (χ0n) is 28.2. The van der Waals surface area contributed by atoms with Gasteiger partial charge in [0.2, 0.25) is 5.91 Å². The van der Waals surface area contributed by atoms with Crippen molar-refractivity contribution in [1.82, 2.24) is 4.90 Å². The lowest BCUT2D eigenvalue weighted by Gasteiger charge is -2.37. The number of amides is 3. The van der Waals surface area contributed by atoms with Crippen LogP contribution in [0.1, 0.15) is 30.0 Å². The van der Waals surface area contributed by atoms with E-state index in [0.717, 1.165) is 5.56 Å². The number of nitrogens with one attached hydrogen (secondary N) is 1. The fourth-order valence-electron chi connectivity index (χ4n) is 6.29. The van der Waals surface area contributed by atoms with Gasteiger partial charge in [-0.3, -0.25) is 14.4 Å². The van der Waals surface area contributed by atoms with Gasteiger partial charge in [0.1, 0.15) is 24.1 Å². The van der Waals surface area contributed by atoms with Crippen LogP contribution in [0.15, 0.2) is 84.9 Å². The summed E-state index contributed by atoms with van der Waals surface area (Å²) in [6, 6.07) is 20.8. The van der Waals surface area contributed by atoms with E-state index in [1.165, 1.54) is 12.0 Å². The molecule has 1 saturated heterocycles. The van der Waals surface area contributed by atoms with Crippen LogP contribution in [0.4, 0.5) is 11.4 Å². The van der Waals surface area contributed by atoms with E-state index in [0.29, 0.717) is 29.1 Å². The summed E-state index contributed by atoms with van der Waals surface area (Å²) >= 11 is 0. The van der Waals surface area contributed by atoms with E-state index in [9.17, 15) is 45.0 Å².